The van der Waals surface area contributed by atoms with E-state index in [1.807, 2.05) is 6.07 Å². The summed E-state index contributed by atoms with van der Waals surface area (Å²) in [7, 11) is -4.83. The fraction of sp³-hybridized carbons (Fsp3) is 0.0714. The molecule has 0 spiro atoms. The number of para-hydroxylation sites is 1. The molecule has 0 fully saturated rings. The second-order valence-corrected chi connectivity index (χ2v) is 5.65. The van der Waals surface area contributed by atoms with Crippen molar-refractivity contribution in [1.29, 1.82) is 0 Å². The van der Waals surface area contributed by atoms with Gasteiger partial charge in [0.2, 0.25) is 11.2 Å². The largest absolute Gasteiger partial charge is 0.457 e. The van der Waals surface area contributed by atoms with Crippen LogP contribution in [0, 0.1) is 0 Å². The molecule has 110 valence electrons. The zero-order chi connectivity index (χ0) is 15.5. The summed E-state index contributed by atoms with van der Waals surface area (Å²) < 4.78 is 35.6. The smallest absolute Gasteiger partial charge is 0.299 e. The molecule has 1 atom stereocenters. The van der Waals surface area contributed by atoms with Gasteiger partial charge in [-0.1, -0.05) is 18.2 Å². The molecule has 0 radical (unpaired) electrons. The second-order valence-electron chi connectivity index (χ2n) is 4.17. The maximum absolute atomic E-state index is 11.6. The van der Waals surface area contributed by atoms with Crippen molar-refractivity contribution in [1.82, 2.24) is 0 Å². The van der Waals surface area contributed by atoms with Crippen molar-refractivity contribution in [2.75, 3.05) is 0 Å². The van der Waals surface area contributed by atoms with Crippen LogP contribution in [0.5, 0.6) is 11.5 Å². The number of aliphatic hydroxyl groups is 1. The summed E-state index contributed by atoms with van der Waals surface area (Å²) in [5, 5.41) is 9.19. The first kappa shape index (κ1) is 15.2. The Morgan fingerprint density at radius 2 is 1.48 bits per heavy atom. The van der Waals surface area contributed by atoms with Gasteiger partial charge in [0.05, 0.1) is 0 Å². The van der Waals surface area contributed by atoms with E-state index in [1.54, 1.807) is 24.3 Å². The summed E-state index contributed by atoms with van der Waals surface area (Å²) in [5.74, 6) is -0.0580. The molecule has 0 aliphatic rings. The van der Waals surface area contributed by atoms with Gasteiger partial charge in [-0.25, -0.2) is 0 Å². The molecule has 7 heteroatoms. The molecule has 0 bridgehead atoms. The number of Topliss-reactive ketones (excluding diaryl/α,β-unsaturated/α-hetero) is 1. The second kappa shape index (κ2) is 6.04. The fourth-order valence-electron chi connectivity index (χ4n) is 1.59. The number of rotatable bonds is 5. The fourth-order valence-corrected chi connectivity index (χ4v) is 2.00. The number of ether oxygens (including phenoxy) is 1. The van der Waals surface area contributed by atoms with E-state index in [4.69, 9.17) is 9.29 Å². The summed E-state index contributed by atoms with van der Waals surface area (Å²) in [6.07, 6.45) is 0. The monoisotopic (exact) mass is 308 g/mol. The SMILES string of the molecule is O=C(c1ccc(Oc2ccccc2)cc1)C(O)S(=O)(=O)O. The van der Waals surface area contributed by atoms with Crippen LogP contribution in [-0.2, 0) is 10.1 Å². The molecule has 2 aromatic rings. The number of aliphatic hydroxyl groups excluding tert-OH is 1. The van der Waals surface area contributed by atoms with Gasteiger partial charge in [-0.2, -0.15) is 8.42 Å². The van der Waals surface area contributed by atoms with Crippen molar-refractivity contribution in [2.24, 2.45) is 0 Å². The lowest BCUT2D eigenvalue weighted by atomic mass is 10.1. The third-order valence-corrected chi connectivity index (χ3v) is 3.40. The highest BCUT2D eigenvalue weighted by Crippen LogP contribution is 2.21. The highest BCUT2D eigenvalue weighted by atomic mass is 32.2. The lowest BCUT2D eigenvalue weighted by Crippen LogP contribution is -2.29. The van der Waals surface area contributed by atoms with E-state index in [0.717, 1.165) is 0 Å². The molecule has 21 heavy (non-hydrogen) atoms. The molecular weight excluding hydrogens is 296 g/mol. The van der Waals surface area contributed by atoms with Gasteiger partial charge < -0.3 is 9.84 Å². The van der Waals surface area contributed by atoms with Gasteiger partial charge in [0, 0.05) is 5.56 Å². The molecule has 2 rings (SSSR count). The van der Waals surface area contributed by atoms with E-state index in [2.05, 4.69) is 0 Å². The van der Waals surface area contributed by atoms with Crippen molar-refractivity contribution >= 4 is 15.9 Å². The van der Waals surface area contributed by atoms with Crippen molar-refractivity contribution < 1.29 is 27.6 Å². The number of ketones is 1. The summed E-state index contributed by atoms with van der Waals surface area (Å²) in [6, 6.07) is 14.5. The van der Waals surface area contributed by atoms with Crippen LogP contribution in [0.3, 0.4) is 0 Å². The number of carbonyl (C=O) groups is 1. The molecule has 0 saturated heterocycles. The highest BCUT2D eigenvalue weighted by Gasteiger charge is 2.29. The van der Waals surface area contributed by atoms with Gasteiger partial charge in [-0.15, -0.1) is 0 Å². The minimum absolute atomic E-state index is 0.0551. The molecule has 0 saturated carbocycles. The first-order valence-corrected chi connectivity index (χ1v) is 7.40. The van der Waals surface area contributed by atoms with E-state index in [0.29, 0.717) is 11.5 Å². The number of hydrogen-bond donors (Lipinski definition) is 2. The topological polar surface area (TPSA) is 101 Å². The van der Waals surface area contributed by atoms with E-state index in [9.17, 15) is 18.3 Å². The summed E-state index contributed by atoms with van der Waals surface area (Å²) in [5.41, 5.74) is -2.54. The third-order valence-electron chi connectivity index (χ3n) is 2.62. The van der Waals surface area contributed by atoms with Crippen LogP contribution < -0.4 is 4.74 Å². The summed E-state index contributed by atoms with van der Waals surface area (Å²) in [4.78, 5) is 11.6. The van der Waals surface area contributed by atoms with Gasteiger partial charge in [-0.05, 0) is 36.4 Å². The van der Waals surface area contributed by atoms with Gasteiger partial charge in [0.1, 0.15) is 11.5 Å². The molecule has 6 nitrogen and oxygen atoms in total. The van der Waals surface area contributed by atoms with Gasteiger partial charge >= 0.3 is 0 Å². The van der Waals surface area contributed by atoms with Crippen LogP contribution in [-0.4, -0.2) is 29.3 Å². The Balaban J connectivity index is 2.14. The Morgan fingerprint density at radius 3 is 2.00 bits per heavy atom. The summed E-state index contributed by atoms with van der Waals surface area (Å²) >= 11 is 0. The van der Waals surface area contributed by atoms with Gasteiger partial charge in [0.15, 0.2) is 0 Å². The van der Waals surface area contributed by atoms with Gasteiger partial charge in [0.25, 0.3) is 10.1 Å². The molecule has 0 aliphatic heterocycles. The average Bonchev–Trinajstić information content (AvgIpc) is 2.46. The Morgan fingerprint density at radius 1 is 0.952 bits per heavy atom. The molecule has 0 aromatic heterocycles. The Bertz CT molecular complexity index is 722. The normalized spacial score (nSPS) is 12.7. The molecule has 0 heterocycles. The molecular formula is C14H12O6S. The first-order chi connectivity index (χ1) is 9.88. The Kier molecular flexibility index (Phi) is 4.37. The van der Waals surface area contributed by atoms with Crippen LogP contribution >= 0.6 is 0 Å². The first-order valence-electron chi connectivity index (χ1n) is 5.89. The predicted molar refractivity (Wildman–Crippen MR) is 74.8 cm³/mol. The highest BCUT2D eigenvalue weighted by molar-refractivity contribution is 7.87. The maximum atomic E-state index is 11.6. The zero-order valence-corrected chi connectivity index (χ0v) is 11.5. The van der Waals surface area contributed by atoms with E-state index in [1.165, 1.54) is 24.3 Å². The lowest BCUT2D eigenvalue weighted by Gasteiger charge is -2.08. The van der Waals surface area contributed by atoms with Crippen molar-refractivity contribution in [3.8, 4) is 11.5 Å². The van der Waals surface area contributed by atoms with E-state index in [-0.39, 0.29) is 5.56 Å². The van der Waals surface area contributed by atoms with Crippen molar-refractivity contribution in [3.63, 3.8) is 0 Å². The molecule has 1 unspecified atom stereocenters. The minimum atomic E-state index is -4.83. The molecule has 0 amide bonds. The third kappa shape index (κ3) is 3.88. The van der Waals surface area contributed by atoms with Crippen LogP contribution in [0.15, 0.2) is 54.6 Å². The number of hydrogen-bond acceptors (Lipinski definition) is 5. The van der Waals surface area contributed by atoms with E-state index < -0.39 is 21.3 Å². The van der Waals surface area contributed by atoms with Crippen LogP contribution in [0.4, 0.5) is 0 Å². The average molecular weight is 308 g/mol. The molecule has 0 aliphatic carbocycles. The molecule has 2 N–H and O–H groups in total. The van der Waals surface area contributed by atoms with Crippen LogP contribution in [0.1, 0.15) is 10.4 Å². The van der Waals surface area contributed by atoms with Crippen molar-refractivity contribution in [2.45, 2.75) is 5.44 Å². The zero-order valence-electron chi connectivity index (χ0n) is 10.7. The lowest BCUT2D eigenvalue weighted by molar-refractivity contribution is 0.0848. The molecule has 2 aromatic carbocycles. The van der Waals surface area contributed by atoms with Crippen LogP contribution in [0.25, 0.3) is 0 Å². The summed E-state index contributed by atoms with van der Waals surface area (Å²) in [6.45, 7) is 0. The predicted octanol–water partition coefficient (Wildman–Crippen LogP) is 1.87. The standard InChI is InChI=1S/C14H12O6S/c15-13(14(16)21(17,18)19)10-6-8-12(9-7-10)20-11-4-2-1-3-5-11/h1-9,14,16H,(H,17,18,19). The number of benzene rings is 2. The quantitative estimate of drug-likeness (QED) is 0.646. The minimum Gasteiger partial charge on any atom is -0.457 e. The Labute approximate surface area is 121 Å². The van der Waals surface area contributed by atoms with Crippen molar-refractivity contribution in [3.05, 3.63) is 60.2 Å². The maximum Gasteiger partial charge on any atom is 0.299 e. The Hall–Kier alpha value is -2.22. The number of carbonyl (C=O) groups excluding carboxylic acids is 1. The van der Waals surface area contributed by atoms with E-state index >= 15 is 0 Å². The van der Waals surface area contributed by atoms with Crippen LogP contribution in [0.2, 0.25) is 0 Å². The van der Waals surface area contributed by atoms with Gasteiger partial charge in [-0.3, -0.25) is 9.35 Å².